The summed E-state index contributed by atoms with van der Waals surface area (Å²) in [6.45, 7) is 5.77. The molecule has 1 aliphatic rings. The van der Waals surface area contributed by atoms with Crippen molar-refractivity contribution in [2.45, 2.75) is 57.9 Å². The zero-order valence-corrected chi connectivity index (χ0v) is 12.2. The fraction of sp³-hybridized carbons (Fsp3) is 1.00. The quantitative estimate of drug-likeness (QED) is 0.610. The molecular weight excluding hydrogens is 226 g/mol. The molecule has 0 radical (unpaired) electrons. The van der Waals surface area contributed by atoms with Crippen LogP contribution in [0.4, 0.5) is 0 Å². The van der Waals surface area contributed by atoms with Crippen LogP contribution in [-0.2, 0) is 9.47 Å². The van der Waals surface area contributed by atoms with Crippen LogP contribution in [0.15, 0.2) is 0 Å². The molecule has 0 heterocycles. The molecule has 1 rings (SSSR count). The Kier molecular flexibility index (Phi) is 9.54. The van der Waals surface area contributed by atoms with Gasteiger partial charge in [0.05, 0.1) is 13.2 Å². The molecule has 0 aromatic heterocycles. The standard InChI is InChI=1S/C15H31NO2/c1-3-14-6-8-15(9-7-14)16-10-4-5-11-18-13-12-17-2/h14-16H,3-13H2,1-2H3. The molecule has 0 saturated heterocycles. The molecule has 108 valence electrons. The third kappa shape index (κ3) is 7.34. The van der Waals surface area contributed by atoms with Crippen molar-refractivity contribution in [3.05, 3.63) is 0 Å². The Morgan fingerprint density at radius 3 is 2.44 bits per heavy atom. The predicted molar refractivity (Wildman–Crippen MR) is 76.0 cm³/mol. The third-order valence-corrected chi connectivity index (χ3v) is 4.00. The largest absolute Gasteiger partial charge is 0.382 e. The van der Waals surface area contributed by atoms with Crippen molar-refractivity contribution in [1.82, 2.24) is 5.32 Å². The molecule has 0 aliphatic heterocycles. The van der Waals surface area contributed by atoms with Crippen LogP contribution in [0.2, 0.25) is 0 Å². The molecule has 1 N–H and O–H groups in total. The van der Waals surface area contributed by atoms with E-state index in [2.05, 4.69) is 12.2 Å². The number of ether oxygens (including phenoxy) is 2. The van der Waals surface area contributed by atoms with Crippen molar-refractivity contribution in [2.75, 3.05) is 33.5 Å². The van der Waals surface area contributed by atoms with Gasteiger partial charge in [-0.2, -0.15) is 0 Å². The summed E-state index contributed by atoms with van der Waals surface area (Å²) >= 11 is 0. The molecule has 18 heavy (non-hydrogen) atoms. The highest BCUT2D eigenvalue weighted by Gasteiger charge is 2.18. The fourth-order valence-corrected chi connectivity index (χ4v) is 2.65. The first-order chi connectivity index (χ1) is 8.86. The summed E-state index contributed by atoms with van der Waals surface area (Å²) in [4.78, 5) is 0. The van der Waals surface area contributed by atoms with Crippen LogP contribution in [0.3, 0.4) is 0 Å². The molecule has 0 aromatic rings. The lowest BCUT2D eigenvalue weighted by Gasteiger charge is -2.28. The van der Waals surface area contributed by atoms with E-state index in [0.29, 0.717) is 6.61 Å². The molecular formula is C15H31NO2. The second-order valence-corrected chi connectivity index (χ2v) is 5.39. The second-order valence-electron chi connectivity index (χ2n) is 5.39. The summed E-state index contributed by atoms with van der Waals surface area (Å²) in [6.07, 6.45) is 9.35. The molecule has 0 spiro atoms. The Hall–Kier alpha value is -0.120. The van der Waals surface area contributed by atoms with E-state index in [9.17, 15) is 0 Å². The first-order valence-corrected chi connectivity index (χ1v) is 7.66. The number of nitrogens with one attached hydrogen (secondary N) is 1. The highest BCUT2D eigenvalue weighted by Crippen LogP contribution is 2.26. The number of rotatable bonds is 10. The first-order valence-electron chi connectivity index (χ1n) is 7.66. The number of methoxy groups -OCH3 is 1. The van der Waals surface area contributed by atoms with Crippen molar-refractivity contribution in [3.63, 3.8) is 0 Å². The minimum Gasteiger partial charge on any atom is -0.382 e. The van der Waals surface area contributed by atoms with Gasteiger partial charge in [0.25, 0.3) is 0 Å². The van der Waals surface area contributed by atoms with Gasteiger partial charge in [0.15, 0.2) is 0 Å². The summed E-state index contributed by atoms with van der Waals surface area (Å²) in [7, 11) is 1.71. The van der Waals surface area contributed by atoms with Crippen molar-refractivity contribution < 1.29 is 9.47 Å². The Labute approximate surface area is 113 Å². The van der Waals surface area contributed by atoms with Gasteiger partial charge in [-0.05, 0) is 51.0 Å². The first kappa shape index (κ1) is 15.9. The van der Waals surface area contributed by atoms with Crippen LogP contribution in [0.25, 0.3) is 0 Å². The monoisotopic (exact) mass is 257 g/mol. The summed E-state index contributed by atoms with van der Waals surface area (Å²) in [5.41, 5.74) is 0. The van der Waals surface area contributed by atoms with Crippen molar-refractivity contribution >= 4 is 0 Å². The molecule has 1 saturated carbocycles. The van der Waals surface area contributed by atoms with Gasteiger partial charge in [-0.25, -0.2) is 0 Å². The molecule has 0 bridgehead atoms. The number of unbranched alkanes of at least 4 members (excludes halogenated alkanes) is 1. The molecule has 0 unspecified atom stereocenters. The zero-order chi connectivity index (χ0) is 13.1. The minimum absolute atomic E-state index is 0.707. The smallest absolute Gasteiger partial charge is 0.0700 e. The highest BCUT2D eigenvalue weighted by atomic mass is 16.5. The maximum absolute atomic E-state index is 5.44. The van der Waals surface area contributed by atoms with E-state index >= 15 is 0 Å². The topological polar surface area (TPSA) is 30.5 Å². The van der Waals surface area contributed by atoms with Crippen molar-refractivity contribution in [3.8, 4) is 0 Å². The summed E-state index contributed by atoms with van der Waals surface area (Å²) in [5, 5.41) is 3.69. The minimum atomic E-state index is 0.707. The lowest BCUT2D eigenvalue weighted by atomic mass is 9.84. The van der Waals surface area contributed by atoms with E-state index in [4.69, 9.17) is 9.47 Å². The molecule has 3 nitrogen and oxygen atoms in total. The van der Waals surface area contributed by atoms with Gasteiger partial charge in [0.1, 0.15) is 0 Å². The van der Waals surface area contributed by atoms with Gasteiger partial charge >= 0.3 is 0 Å². The average Bonchev–Trinajstić information content (AvgIpc) is 2.42. The Morgan fingerprint density at radius 2 is 1.78 bits per heavy atom. The number of hydrogen-bond donors (Lipinski definition) is 1. The number of hydrogen-bond acceptors (Lipinski definition) is 3. The van der Waals surface area contributed by atoms with Gasteiger partial charge in [-0.3, -0.25) is 0 Å². The van der Waals surface area contributed by atoms with E-state index < -0.39 is 0 Å². The highest BCUT2D eigenvalue weighted by molar-refractivity contribution is 4.76. The van der Waals surface area contributed by atoms with Crippen LogP contribution >= 0.6 is 0 Å². The van der Waals surface area contributed by atoms with E-state index in [1.807, 2.05) is 0 Å². The van der Waals surface area contributed by atoms with Crippen LogP contribution < -0.4 is 5.32 Å². The molecule has 0 amide bonds. The SMILES string of the molecule is CCC1CCC(NCCCCOCCOC)CC1. The van der Waals surface area contributed by atoms with Crippen LogP contribution in [0, 0.1) is 5.92 Å². The van der Waals surface area contributed by atoms with Crippen molar-refractivity contribution in [1.29, 1.82) is 0 Å². The van der Waals surface area contributed by atoms with Gasteiger partial charge in [-0.1, -0.05) is 13.3 Å². The average molecular weight is 257 g/mol. The lowest BCUT2D eigenvalue weighted by molar-refractivity contribution is 0.0687. The Bertz CT molecular complexity index is 179. The summed E-state index contributed by atoms with van der Waals surface area (Å²) in [5.74, 6) is 0.997. The van der Waals surface area contributed by atoms with Crippen LogP contribution in [0.5, 0.6) is 0 Å². The van der Waals surface area contributed by atoms with E-state index in [1.165, 1.54) is 38.5 Å². The van der Waals surface area contributed by atoms with Crippen LogP contribution in [0.1, 0.15) is 51.9 Å². The maximum atomic E-state index is 5.44. The fourth-order valence-electron chi connectivity index (χ4n) is 2.65. The lowest BCUT2D eigenvalue weighted by Crippen LogP contribution is -2.33. The Morgan fingerprint density at radius 1 is 1.00 bits per heavy atom. The van der Waals surface area contributed by atoms with Gasteiger partial charge < -0.3 is 14.8 Å². The molecule has 1 aliphatic carbocycles. The van der Waals surface area contributed by atoms with E-state index in [-0.39, 0.29) is 0 Å². The molecule has 1 fully saturated rings. The van der Waals surface area contributed by atoms with Crippen LogP contribution in [-0.4, -0.2) is 39.5 Å². The normalized spacial score (nSPS) is 24.3. The zero-order valence-electron chi connectivity index (χ0n) is 12.2. The Balaban J connectivity index is 1.84. The summed E-state index contributed by atoms with van der Waals surface area (Å²) < 4.78 is 10.4. The predicted octanol–water partition coefficient (Wildman–Crippen LogP) is 2.99. The molecule has 0 atom stereocenters. The molecule has 3 heteroatoms. The van der Waals surface area contributed by atoms with Crippen molar-refractivity contribution in [2.24, 2.45) is 5.92 Å². The van der Waals surface area contributed by atoms with E-state index in [0.717, 1.165) is 38.1 Å². The second kappa shape index (κ2) is 10.8. The van der Waals surface area contributed by atoms with Gasteiger partial charge in [0.2, 0.25) is 0 Å². The summed E-state index contributed by atoms with van der Waals surface area (Å²) in [6, 6.07) is 0.780. The molecule has 0 aromatic carbocycles. The van der Waals surface area contributed by atoms with E-state index in [1.54, 1.807) is 7.11 Å². The maximum Gasteiger partial charge on any atom is 0.0700 e. The third-order valence-electron chi connectivity index (χ3n) is 4.00. The van der Waals surface area contributed by atoms with Gasteiger partial charge in [-0.15, -0.1) is 0 Å². The van der Waals surface area contributed by atoms with Gasteiger partial charge in [0, 0.05) is 19.8 Å².